The second-order valence-corrected chi connectivity index (χ2v) is 10.4. The molecule has 2 aliphatic heterocycles. The number of rotatable bonds is 4. The Hall–Kier alpha value is -2.15. The van der Waals surface area contributed by atoms with Crippen molar-refractivity contribution >= 4 is 32.3 Å². The smallest absolute Gasteiger partial charge is 0.223 e. The number of piperidine rings is 1. The summed E-state index contributed by atoms with van der Waals surface area (Å²) in [5.74, 6) is 0.153. The summed E-state index contributed by atoms with van der Waals surface area (Å²) < 4.78 is 23.1. The summed E-state index contributed by atoms with van der Waals surface area (Å²) in [6, 6.07) is 10.6. The van der Waals surface area contributed by atoms with Gasteiger partial charge in [0.1, 0.15) is 9.84 Å². The molecule has 2 aromatic rings. The number of carbonyl (C=O) groups excluding carboxylic acids is 1. The third-order valence-electron chi connectivity index (χ3n) is 5.85. The van der Waals surface area contributed by atoms with Crippen LogP contribution in [-0.2, 0) is 14.6 Å². The molecule has 1 atom stereocenters. The molecule has 1 aromatic heterocycles. The maximum absolute atomic E-state index is 12.5. The Morgan fingerprint density at radius 3 is 2.61 bits per heavy atom. The zero-order valence-corrected chi connectivity index (χ0v) is 17.3. The molecule has 2 saturated heterocycles. The minimum atomic E-state index is -3.05. The van der Waals surface area contributed by atoms with E-state index in [-0.39, 0.29) is 23.6 Å². The summed E-state index contributed by atoms with van der Waals surface area (Å²) in [5.41, 5.74) is 3.23. The number of carbonyl (C=O) groups is 1. The summed E-state index contributed by atoms with van der Waals surface area (Å²) in [5, 5.41) is 1.16. The summed E-state index contributed by atoms with van der Waals surface area (Å²) in [4.78, 5) is 21.4. The average molecular weight is 402 g/mol. The van der Waals surface area contributed by atoms with Crippen molar-refractivity contribution in [2.24, 2.45) is 5.92 Å². The van der Waals surface area contributed by atoms with Gasteiger partial charge in [0.25, 0.3) is 0 Å². The average Bonchev–Trinajstić information content (AvgIpc) is 2.99. The molecular formula is C21H27N3O3S. The van der Waals surface area contributed by atoms with Gasteiger partial charge in [0.05, 0.1) is 11.3 Å². The second kappa shape index (κ2) is 7.35. The number of nitrogens with zero attached hydrogens (tertiary/aromatic N) is 3. The highest BCUT2D eigenvalue weighted by atomic mass is 32.2. The molecule has 4 rings (SSSR count). The van der Waals surface area contributed by atoms with Crippen LogP contribution in [0.2, 0.25) is 0 Å². The van der Waals surface area contributed by atoms with Crippen LogP contribution in [0.15, 0.2) is 30.3 Å². The fourth-order valence-corrected chi connectivity index (χ4v) is 5.75. The normalized spacial score (nSPS) is 21.6. The highest BCUT2D eigenvalue weighted by Crippen LogP contribution is 2.31. The number of sulfone groups is 1. The molecule has 1 amide bonds. The van der Waals surface area contributed by atoms with Crippen molar-refractivity contribution < 1.29 is 13.2 Å². The zero-order chi connectivity index (χ0) is 19.9. The van der Waals surface area contributed by atoms with E-state index in [0.717, 1.165) is 42.5 Å². The van der Waals surface area contributed by atoms with Gasteiger partial charge in [-0.05, 0) is 37.8 Å². The molecule has 28 heavy (non-hydrogen) atoms. The molecule has 0 spiro atoms. The molecule has 6 nitrogen and oxygen atoms in total. The molecule has 2 fully saturated rings. The van der Waals surface area contributed by atoms with Crippen molar-refractivity contribution in [3.63, 3.8) is 0 Å². The van der Waals surface area contributed by atoms with E-state index in [1.165, 1.54) is 11.9 Å². The Kier molecular flexibility index (Phi) is 5.04. The first-order valence-electron chi connectivity index (χ1n) is 9.89. The first-order chi connectivity index (χ1) is 13.3. The van der Waals surface area contributed by atoms with Gasteiger partial charge in [-0.1, -0.05) is 18.2 Å². The van der Waals surface area contributed by atoms with Crippen molar-refractivity contribution in [3.8, 4) is 0 Å². The van der Waals surface area contributed by atoms with Gasteiger partial charge in [0, 0.05) is 55.1 Å². The lowest BCUT2D eigenvalue weighted by molar-refractivity contribution is -0.130. The first-order valence-corrected chi connectivity index (χ1v) is 11.9. The number of hydrogen-bond donors (Lipinski definition) is 0. The third kappa shape index (κ3) is 3.99. The van der Waals surface area contributed by atoms with Crippen LogP contribution in [0.1, 0.15) is 25.0 Å². The van der Waals surface area contributed by atoms with Gasteiger partial charge in [0.15, 0.2) is 0 Å². The van der Waals surface area contributed by atoms with Gasteiger partial charge in [-0.2, -0.15) is 0 Å². The largest absolute Gasteiger partial charge is 0.371 e. The Morgan fingerprint density at radius 2 is 1.89 bits per heavy atom. The van der Waals surface area contributed by atoms with Gasteiger partial charge in [0.2, 0.25) is 5.91 Å². The number of para-hydroxylation sites is 1. The fraction of sp³-hybridized carbons (Fsp3) is 0.524. The van der Waals surface area contributed by atoms with Crippen LogP contribution in [0.25, 0.3) is 10.9 Å². The Morgan fingerprint density at radius 1 is 1.18 bits per heavy atom. The standard InChI is InChI=1S/C21H27N3O3S/c1-15-11-20(18-5-3-4-6-19(18)22-15)23-9-7-17(8-10-23)24-13-16(12-21(24)25)14-28(2,26)27/h3-6,11,16-17H,7-10,12-14H2,1-2H3. The van der Waals surface area contributed by atoms with Crippen LogP contribution in [0.3, 0.4) is 0 Å². The minimum absolute atomic E-state index is 0.0627. The van der Waals surface area contributed by atoms with Crippen LogP contribution < -0.4 is 4.90 Å². The predicted octanol–water partition coefficient (Wildman–Crippen LogP) is 2.41. The second-order valence-electron chi connectivity index (χ2n) is 8.23. The minimum Gasteiger partial charge on any atom is -0.371 e. The van der Waals surface area contributed by atoms with Crippen LogP contribution in [-0.4, -0.2) is 61.9 Å². The van der Waals surface area contributed by atoms with Crippen LogP contribution >= 0.6 is 0 Å². The van der Waals surface area contributed by atoms with Crippen molar-refractivity contribution in [1.29, 1.82) is 0 Å². The number of aryl methyl sites for hydroxylation is 1. The summed E-state index contributed by atoms with van der Waals surface area (Å²) >= 11 is 0. The number of likely N-dealkylation sites (tertiary alicyclic amines) is 1. The van der Waals surface area contributed by atoms with Crippen molar-refractivity contribution in [3.05, 3.63) is 36.0 Å². The van der Waals surface area contributed by atoms with Gasteiger partial charge >= 0.3 is 0 Å². The third-order valence-corrected chi connectivity index (χ3v) is 6.92. The van der Waals surface area contributed by atoms with Gasteiger partial charge < -0.3 is 9.80 Å². The summed E-state index contributed by atoms with van der Waals surface area (Å²) in [7, 11) is -3.05. The maximum Gasteiger partial charge on any atom is 0.223 e. The molecule has 3 heterocycles. The number of hydrogen-bond acceptors (Lipinski definition) is 5. The monoisotopic (exact) mass is 401 g/mol. The molecule has 150 valence electrons. The van der Waals surface area contributed by atoms with E-state index in [1.807, 2.05) is 30.0 Å². The topological polar surface area (TPSA) is 70.6 Å². The molecule has 7 heteroatoms. The van der Waals surface area contributed by atoms with E-state index in [0.29, 0.717) is 13.0 Å². The van der Waals surface area contributed by atoms with E-state index >= 15 is 0 Å². The lowest BCUT2D eigenvalue weighted by Crippen LogP contribution is -2.45. The van der Waals surface area contributed by atoms with E-state index < -0.39 is 9.84 Å². The number of pyridine rings is 1. The maximum atomic E-state index is 12.5. The van der Waals surface area contributed by atoms with E-state index in [1.54, 1.807) is 0 Å². The molecule has 1 unspecified atom stereocenters. The highest BCUT2D eigenvalue weighted by molar-refractivity contribution is 7.90. The zero-order valence-electron chi connectivity index (χ0n) is 16.5. The predicted molar refractivity (Wildman–Crippen MR) is 111 cm³/mol. The number of aromatic nitrogens is 1. The molecule has 0 bridgehead atoms. The molecule has 1 aromatic carbocycles. The molecule has 0 radical (unpaired) electrons. The molecular weight excluding hydrogens is 374 g/mol. The van der Waals surface area contributed by atoms with Crippen molar-refractivity contribution in [2.75, 3.05) is 36.5 Å². The SMILES string of the molecule is Cc1cc(N2CCC(N3CC(CS(C)(=O)=O)CC3=O)CC2)c2ccccc2n1. The summed E-state index contributed by atoms with van der Waals surface area (Å²) in [6.07, 6.45) is 3.43. The fourth-order valence-electron chi connectivity index (χ4n) is 4.67. The summed E-state index contributed by atoms with van der Waals surface area (Å²) in [6.45, 7) is 4.37. The quantitative estimate of drug-likeness (QED) is 0.787. The van der Waals surface area contributed by atoms with Crippen molar-refractivity contribution in [1.82, 2.24) is 9.88 Å². The lowest BCUT2D eigenvalue weighted by atomic mass is 10.0. The molecule has 2 aliphatic rings. The molecule has 0 aliphatic carbocycles. The van der Waals surface area contributed by atoms with Gasteiger partial charge in [-0.3, -0.25) is 9.78 Å². The van der Waals surface area contributed by atoms with Crippen LogP contribution in [0, 0.1) is 12.8 Å². The Balaban J connectivity index is 1.45. The molecule has 0 N–H and O–H groups in total. The number of benzene rings is 1. The number of amides is 1. The van der Waals surface area contributed by atoms with Crippen molar-refractivity contribution in [2.45, 2.75) is 32.2 Å². The first kappa shape index (κ1) is 19.2. The van der Waals surface area contributed by atoms with E-state index in [4.69, 9.17) is 0 Å². The number of anilines is 1. The molecule has 0 saturated carbocycles. The Labute approximate surface area is 166 Å². The van der Waals surface area contributed by atoms with Gasteiger partial charge in [-0.25, -0.2) is 8.42 Å². The van der Waals surface area contributed by atoms with Crippen LogP contribution in [0.5, 0.6) is 0 Å². The highest BCUT2D eigenvalue weighted by Gasteiger charge is 2.37. The van der Waals surface area contributed by atoms with Crippen LogP contribution in [0.4, 0.5) is 5.69 Å². The lowest BCUT2D eigenvalue weighted by Gasteiger charge is -2.38. The van der Waals surface area contributed by atoms with Gasteiger partial charge in [-0.15, -0.1) is 0 Å². The van der Waals surface area contributed by atoms with E-state index in [9.17, 15) is 13.2 Å². The number of fused-ring (bicyclic) bond motifs is 1. The Bertz CT molecular complexity index is 997. The van der Waals surface area contributed by atoms with E-state index in [2.05, 4.69) is 22.0 Å².